The van der Waals surface area contributed by atoms with Crippen LogP contribution in [0.5, 0.6) is 0 Å². The lowest BCUT2D eigenvalue weighted by Gasteiger charge is -2.36. The Morgan fingerprint density at radius 2 is 1.94 bits per heavy atom. The van der Waals surface area contributed by atoms with Crippen molar-refractivity contribution in [1.29, 1.82) is 0 Å². The molecule has 4 heteroatoms. The van der Waals surface area contributed by atoms with Gasteiger partial charge >= 0.3 is 0 Å². The molecule has 0 radical (unpaired) electrons. The molecule has 2 saturated heterocycles. The minimum absolute atomic E-state index is 0.186. The number of fused-ring (bicyclic) bond motifs is 2. The van der Waals surface area contributed by atoms with Crippen LogP contribution in [0.4, 0.5) is 0 Å². The number of carbonyl (C=O) groups excluding carboxylic acids is 1. The largest absolute Gasteiger partial charge is 0.356 e. The molecule has 0 aliphatic carbocycles. The Labute approximate surface area is 104 Å². The SMILES string of the molecule is CNCCC(=O)NCC1CC2CCC(C1)N2C. The zero-order valence-electron chi connectivity index (χ0n) is 11.0. The summed E-state index contributed by atoms with van der Waals surface area (Å²) in [4.78, 5) is 14.1. The van der Waals surface area contributed by atoms with Crippen molar-refractivity contribution in [3.05, 3.63) is 0 Å². The molecule has 2 heterocycles. The third kappa shape index (κ3) is 3.19. The Morgan fingerprint density at radius 1 is 1.29 bits per heavy atom. The van der Waals surface area contributed by atoms with Gasteiger partial charge in [-0.15, -0.1) is 0 Å². The summed E-state index contributed by atoms with van der Waals surface area (Å²) in [6, 6.07) is 1.54. The van der Waals surface area contributed by atoms with Crippen LogP contribution in [0.15, 0.2) is 0 Å². The van der Waals surface area contributed by atoms with Crippen molar-refractivity contribution < 1.29 is 4.79 Å². The van der Waals surface area contributed by atoms with Crippen LogP contribution in [-0.2, 0) is 4.79 Å². The van der Waals surface area contributed by atoms with Crippen LogP contribution < -0.4 is 10.6 Å². The summed E-state index contributed by atoms with van der Waals surface area (Å²) in [5.74, 6) is 0.882. The Hall–Kier alpha value is -0.610. The summed E-state index contributed by atoms with van der Waals surface area (Å²) in [7, 11) is 4.13. The van der Waals surface area contributed by atoms with Gasteiger partial charge in [0.15, 0.2) is 0 Å². The first kappa shape index (κ1) is 12.8. The van der Waals surface area contributed by atoms with E-state index in [1.54, 1.807) is 0 Å². The molecule has 2 aliphatic rings. The van der Waals surface area contributed by atoms with Crippen LogP contribution in [0.1, 0.15) is 32.1 Å². The van der Waals surface area contributed by atoms with E-state index in [-0.39, 0.29) is 5.91 Å². The van der Waals surface area contributed by atoms with E-state index in [4.69, 9.17) is 0 Å². The maximum atomic E-state index is 11.5. The van der Waals surface area contributed by atoms with E-state index in [1.807, 2.05) is 7.05 Å². The molecule has 2 atom stereocenters. The second-order valence-corrected chi connectivity index (χ2v) is 5.55. The van der Waals surface area contributed by atoms with Gasteiger partial charge in [-0.1, -0.05) is 0 Å². The van der Waals surface area contributed by atoms with Gasteiger partial charge in [0.25, 0.3) is 0 Å². The summed E-state index contributed by atoms with van der Waals surface area (Å²) in [6.07, 6.45) is 5.82. The molecule has 2 bridgehead atoms. The standard InChI is InChI=1S/C13H25N3O/c1-14-6-5-13(17)15-9-10-7-11-3-4-12(8-10)16(11)2/h10-12,14H,3-9H2,1-2H3,(H,15,17). The predicted molar refractivity (Wildman–Crippen MR) is 68.9 cm³/mol. The summed E-state index contributed by atoms with van der Waals surface area (Å²) >= 11 is 0. The molecule has 2 unspecified atom stereocenters. The van der Waals surface area contributed by atoms with E-state index >= 15 is 0 Å². The molecule has 2 rings (SSSR count). The Morgan fingerprint density at radius 3 is 2.53 bits per heavy atom. The maximum absolute atomic E-state index is 11.5. The lowest BCUT2D eigenvalue weighted by atomic mass is 9.91. The highest BCUT2D eigenvalue weighted by atomic mass is 16.1. The number of nitrogens with one attached hydrogen (secondary N) is 2. The van der Waals surface area contributed by atoms with Crippen molar-refractivity contribution >= 4 is 5.91 Å². The lowest BCUT2D eigenvalue weighted by molar-refractivity contribution is -0.121. The molecule has 0 aromatic rings. The summed E-state index contributed by atoms with van der Waals surface area (Å²) in [6.45, 7) is 1.65. The fourth-order valence-electron chi connectivity index (χ4n) is 3.28. The van der Waals surface area contributed by atoms with Gasteiger partial charge in [-0.3, -0.25) is 4.79 Å². The first-order chi connectivity index (χ1) is 8.20. The number of piperidine rings is 1. The predicted octanol–water partition coefficient (Wildman–Crippen LogP) is 0.585. The fraction of sp³-hybridized carbons (Fsp3) is 0.923. The molecule has 0 aromatic heterocycles. The number of nitrogens with zero attached hydrogens (tertiary/aromatic N) is 1. The van der Waals surface area contributed by atoms with Crippen LogP contribution in [0.25, 0.3) is 0 Å². The van der Waals surface area contributed by atoms with E-state index in [0.717, 1.165) is 25.2 Å². The van der Waals surface area contributed by atoms with Crippen molar-refractivity contribution in [3.8, 4) is 0 Å². The van der Waals surface area contributed by atoms with E-state index < -0.39 is 0 Å². The molecule has 2 N–H and O–H groups in total. The molecule has 4 nitrogen and oxygen atoms in total. The molecular formula is C13H25N3O. The Kier molecular flexibility index (Phi) is 4.40. The van der Waals surface area contributed by atoms with Gasteiger partial charge in [-0.2, -0.15) is 0 Å². The topological polar surface area (TPSA) is 44.4 Å². The van der Waals surface area contributed by atoms with E-state index in [2.05, 4.69) is 22.6 Å². The number of hydrogen-bond acceptors (Lipinski definition) is 3. The number of hydrogen-bond donors (Lipinski definition) is 2. The van der Waals surface area contributed by atoms with Gasteiger partial charge in [0, 0.05) is 31.6 Å². The monoisotopic (exact) mass is 239 g/mol. The van der Waals surface area contributed by atoms with Crippen LogP contribution in [0.2, 0.25) is 0 Å². The Bertz CT molecular complexity index is 255. The van der Waals surface area contributed by atoms with Gasteiger partial charge in [0.05, 0.1) is 0 Å². The second-order valence-electron chi connectivity index (χ2n) is 5.55. The zero-order valence-corrected chi connectivity index (χ0v) is 11.0. The van der Waals surface area contributed by atoms with Crippen LogP contribution in [0.3, 0.4) is 0 Å². The molecule has 2 fully saturated rings. The minimum atomic E-state index is 0.186. The minimum Gasteiger partial charge on any atom is -0.356 e. The van der Waals surface area contributed by atoms with Crippen molar-refractivity contribution in [2.45, 2.75) is 44.2 Å². The molecule has 0 aromatic carbocycles. The van der Waals surface area contributed by atoms with E-state index in [0.29, 0.717) is 12.3 Å². The average Bonchev–Trinajstić information content (AvgIpc) is 2.57. The van der Waals surface area contributed by atoms with Crippen molar-refractivity contribution in [2.24, 2.45) is 5.92 Å². The van der Waals surface area contributed by atoms with Gasteiger partial charge < -0.3 is 15.5 Å². The summed E-state index contributed by atoms with van der Waals surface area (Å²) in [5.41, 5.74) is 0. The molecule has 98 valence electrons. The molecule has 0 saturated carbocycles. The zero-order chi connectivity index (χ0) is 12.3. The molecule has 1 amide bonds. The van der Waals surface area contributed by atoms with Crippen molar-refractivity contribution in [1.82, 2.24) is 15.5 Å². The highest BCUT2D eigenvalue weighted by Crippen LogP contribution is 2.36. The maximum Gasteiger partial charge on any atom is 0.221 e. The molecular weight excluding hydrogens is 214 g/mol. The first-order valence-electron chi connectivity index (χ1n) is 6.84. The Balaban J connectivity index is 1.69. The van der Waals surface area contributed by atoms with Gasteiger partial charge in [-0.05, 0) is 45.7 Å². The normalized spacial score (nSPS) is 32.7. The highest BCUT2D eigenvalue weighted by molar-refractivity contribution is 5.76. The number of amides is 1. The smallest absolute Gasteiger partial charge is 0.221 e. The highest BCUT2D eigenvalue weighted by Gasteiger charge is 2.38. The van der Waals surface area contributed by atoms with Crippen LogP contribution in [0, 0.1) is 5.92 Å². The fourth-order valence-corrected chi connectivity index (χ4v) is 3.28. The summed E-state index contributed by atoms with van der Waals surface area (Å²) < 4.78 is 0. The molecule has 0 spiro atoms. The van der Waals surface area contributed by atoms with E-state index in [9.17, 15) is 4.79 Å². The van der Waals surface area contributed by atoms with E-state index in [1.165, 1.54) is 25.7 Å². The number of carbonyl (C=O) groups is 1. The van der Waals surface area contributed by atoms with Crippen LogP contribution in [-0.4, -0.2) is 50.1 Å². The molecule has 2 aliphatic heterocycles. The van der Waals surface area contributed by atoms with Crippen LogP contribution >= 0.6 is 0 Å². The van der Waals surface area contributed by atoms with Gasteiger partial charge in [-0.25, -0.2) is 0 Å². The third-order valence-corrected chi connectivity index (χ3v) is 4.39. The van der Waals surface area contributed by atoms with Gasteiger partial charge in [0.1, 0.15) is 0 Å². The quantitative estimate of drug-likeness (QED) is 0.738. The first-order valence-corrected chi connectivity index (χ1v) is 6.84. The average molecular weight is 239 g/mol. The summed E-state index contributed by atoms with van der Waals surface area (Å²) in [5, 5.41) is 6.07. The number of rotatable bonds is 5. The molecule has 17 heavy (non-hydrogen) atoms. The van der Waals surface area contributed by atoms with Crippen molar-refractivity contribution in [2.75, 3.05) is 27.2 Å². The lowest BCUT2D eigenvalue weighted by Crippen LogP contribution is -2.43. The third-order valence-electron chi connectivity index (χ3n) is 4.39. The van der Waals surface area contributed by atoms with Crippen molar-refractivity contribution in [3.63, 3.8) is 0 Å². The second kappa shape index (κ2) is 5.83. The van der Waals surface area contributed by atoms with Gasteiger partial charge in [0.2, 0.25) is 5.91 Å².